The lowest BCUT2D eigenvalue weighted by molar-refractivity contribution is -0.145. The second-order valence-electron chi connectivity index (χ2n) is 3.85. The van der Waals surface area contributed by atoms with Crippen molar-refractivity contribution in [2.24, 2.45) is 11.8 Å². The molecule has 12 heavy (non-hydrogen) atoms. The molecule has 2 fully saturated rings. The van der Waals surface area contributed by atoms with Gasteiger partial charge in [0.2, 0.25) is 0 Å². The molecule has 3 heteroatoms. The van der Waals surface area contributed by atoms with E-state index < -0.39 is 0 Å². The molecule has 2 aliphatic rings. The fourth-order valence-electron chi connectivity index (χ4n) is 1.78. The first-order valence-corrected chi connectivity index (χ1v) is 4.61. The van der Waals surface area contributed by atoms with Crippen LogP contribution in [0.4, 0.5) is 0 Å². The van der Waals surface area contributed by atoms with Crippen LogP contribution in [0.15, 0.2) is 0 Å². The number of ether oxygens (including phenoxy) is 1. The predicted octanol–water partition coefficient (Wildman–Crippen LogP) is 0.710. The molecule has 68 valence electrons. The van der Waals surface area contributed by atoms with E-state index in [0.29, 0.717) is 0 Å². The Hall–Kier alpha value is -0.570. The van der Waals surface area contributed by atoms with Gasteiger partial charge in [0.25, 0.3) is 0 Å². The second-order valence-corrected chi connectivity index (χ2v) is 3.85. The molecule has 0 bridgehead atoms. The quantitative estimate of drug-likeness (QED) is 0.634. The van der Waals surface area contributed by atoms with Crippen molar-refractivity contribution in [1.82, 2.24) is 0 Å². The maximum absolute atomic E-state index is 11.2. The van der Waals surface area contributed by atoms with Crippen LogP contribution in [0.5, 0.6) is 0 Å². The summed E-state index contributed by atoms with van der Waals surface area (Å²) < 4.78 is 4.96. The summed E-state index contributed by atoms with van der Waals surface area (Å²) in [4.78, 5) is 11.2. The normalized spacial score (nSPS) is 35.2. The third-order valence-corrected chi connectivity index (χ3v) is 2.68. The molecule has 1 N–H and O–H groups in total. The lowest BCUT2D eigenvalue weighted by Crippen LogP contribution is -2.10. The fourth-order valence-corrected chi connectivity index (χ4v) is 1.78. The molecule has 0 aromatic carbocycles. The molecule has 3 nitrogen and oxygen atoms in total. The summed E-state index contributed by atoms with van der Waals surface area (Å²) in [5.74, 6) is 0.746. The summed E-state index contributed by atoms with van der Waals surface area (Å²) in [7, 11) is 0. The molecular weight excluding hydrogens is 156 g/mol. The number of esters is 1. The Morgan fingerprint density at radius 3 is 2.75 bits per heavy atom. The SMILES string of the molecule is O=C1O[C@@H](CO)C[C@@H]1CC1CC1. The number of rotatable bonds is 3. The summed E-state index contributed by atoms with van der Waals surface area (Å²) >= 11 is 0. The molecule has 0 amide bonds. The zero-order valence-corrected chi connectivity index (χ0v) is 7.03. The summed E-state index contributed by atoms with van der Waals surface area (Å²) in [5, 5.41) is 8.77. The first-order chi connectivity index (χ1) is 5.79. The van der Waals surface area contributed by atoms with Crippen LogP contribution in [0, 0.1) is 11.8 Å². The van der Waals surface area contributed by atoms with Gasteiger partial charge in [0.15, 0.2) is 0 Å². The van der Waals surface area contributed by atoms with Gasteiger partial charge in [-0.2, -0.15) is 0 Å². The van der Waals surface area contributed by atoms with Gasteiger partial charge in [-0.3, -0.25) is 4.79 Å². The molecule has 1 saturated carbocycles. The molecule has 1 heterocycles. The average molecular weight is 170 g/mol. The lowest BCUT2D eigenvalue weighted by atomic mass is 9.99. The van der Waals surface area contributed by atoms with Crippen LogP contribution in [0.2, 0.25) is 0 Å². The van der Waals surface area contributed by atoms with Gasteiger partial charge in [-0.15, -0.1) is 0 Å². The third-order valence-electron chi connectivity index (χ3n) is 2.68. The molecule has 1 aliphatic heterocycles. The Kier molecular flexibility index (Phi) is 2.05. The molecule has 2 rings (SSSR count). The van der Waals surface area contributed by atoms with E-state index in [0.717, 1.165) is 18.8 Å². The van der Waals surface area contributed by atoms with E-state index in [1.807, 2.05) is 0 Å². The summed E-state index contributed by atoms with van der Waals surface area (Å²) in [5.41, 5.74) is 0. The highest BCUT2D eigenvalue weighted by Crippen LogP contribution is 2.38. The van der Waals surface area contributed by atoms with E-state index in [-0.39, 0.29) is 24.6 Å². The molecule has 0 aromatic rings. The first-order valence-electron chi connectivity index (χ1n) is 4.61. The van der Waals surface area contributed by atoms with E-state index in [1.54, 1.807) is 0 Å². The Morgan fingerprint density at radius 2 is 2.25 bits per heavy atom. The third kappa shape index (κ3) is 1.61. The number of aliphatic hydroxyl groups is 1. The predicted molar refractivity (Wildman–Crippen MR) is 42.4 cm³/mol. The largest absolute Gasteiger partial charge is 0.460 e. The van der Waals surface area contributed by atoms with Crippen LogP contribution in [-0.2, 0) is 9.53 Å². The first kappa shape index (κ1) is 8.05. The smallest absolute Gasteiger partial charge is 0.309 e. The number of aliphatic hydroxyl groups excluding tert-OH is 1. The van der Waals surface area contributed by atoms with Crippen molar-refractivity contribution >= 4 is 5.97 Å². The van der Waals surface area contributed by atoms with Gasteiger partial charge >= 0.3 is 5.97 Å². The fraction of sp³-hybridized carbons (Fsp3) is 0.889. The minimum atomic E-state index is -0.221. The van der Waals surface area contributed by atoms with E-state index in [1.165, 1.54) is 12.8 Å². The number of hydrogen-bond donors (Lipinski definition) is 1. The standard InChI is InChI=1S/C9H14O3/c10-5-8-4-7(9(11)12-8)3-6-1-2-6/h6-8,10H,1-5H2/t7-,8+/m0/s1. The highest BCUT2D eigenvalue weighted by atomic mass is 16.6. The van der Waals surface area contributed by atoms with E-state index in [4.69, 9.17) is 9.84 Å². The summed E-state index contributed by atoms with van der Waals surface area (Å²) in [6.45, 7) is -0.0209. The maximum atomic E-state index is 11.2. The molecule has 2 atom stereocenters. The minimum Gasteiger partial charge on any atom is -0.460 e. The van der Waals surface area contributed by atoms with Crippen LogP contribution in [0.1, 0.15) is 25.7 Å². The zero-order valence-electron chi connectivity index (χ0n) is 7.03. The van der Waals surface area contributed by atoms with Crippen LogP contribution in [-0.4, -0.2) is 23.8 Å². The minimum absolute atomic E-state index is 0.0209. The summed E-state index contributed by atoms with van der Waals surface area (Å²) in [6, 6.07) is 0. The van der Waals surface area contributed by atoms with Crippen molar-refractivity contribution in [2.75, 3.05) is 6.61 Å². The van der Waals surface area contributed by atoms with Crippen LogP contribution < -0.4 is 0 Å². The molecule has 0 aromatic heterocycles. The molecule has 0 spiro atoms. The number of carbonyl (C=O) groups excluding carboxylic acids is 1. The van der Waals surface area contributed by atoms with Gasteiger partial charge in [0.05, 0.1) is 12.5 Å². The average Bonchev–Trinajstić information content (AvgIpc) is 2.78. The van der Waals surface area contributed by atoms with Crippen LogP contribution in [0.3, 0.4) is 0 Å². The van der Waals surface area contributed by atoms with Gasteiger partial charge in [-0.1, -0.05) is 12.8 Å². The van der Waals surface area contributed by atoms with E-state index in [2.05, 4.69) is 0 Å². The number of hydrogen-bond acceptors (Lipinski definition) is 3. The van der Waals surface area contributed by atoms with Crippen molar-refractivity contribution in [3.63, 3.8) is 0 Å². The topological polar surface area (TPSA) is 46.5 Å². The van der Waals surface area contributed by atoms with Crippen molar-refractivity contribution in [1.29, 1.82) is 0 Å². The summed E-state index contributed by atoms with van der Waals surface area (Å²) in [6.07, 6.45) is 4.03. The molecule has 1 aliphatic carbocycles. The Balaban J connectivity index is 1.84. The van der Waals surface area contributed by atoms with E-state index in [9.17, 15) is 4.79 Å². The monoisotopic (exact) mass is 170 g/mol. The van der Waals surface area contributed by atoms with Crippen LogP contribution >= 0.6 is 0 Å². The highest BCUT2D eigenvalue weighted by Gasteiger charge is 2.37. The second kappa shape index (κ2) is 3.05. The Morgan fingerprint density at radius 1 is 1.50 bits per heavy atom. The molecule has 1 saturated heterocycles. The van der Waals surface area contributed by atoms with Crippen molar-refractivity contribution in [3.05, 3.63) is 0 Å². The van der Waals surface area contributed by atoms with Gasteiger partial charge < -0.3 is 9.84 Å². The van der Waals surface area contributed by atoms with Crippen molar-refractivity contribution in [3.8, 4) is 0 Å². The Labute approximate surface area is 71.7 Å². The van der Waals surface area contributed by atoms with Crippen LogP contribution in [0.25, 0.3) is 0 Å². The molecule has 0 radical (unpaired) electrons. The van der Waals surface area contributed by atoms with Crippen molar-refractivity contribution in [2.45, 2.75) is 31.8 Å². The van der Waals surface area contributed by atoms with Gasteiger partial charge in [-0.25, -0.2) is 0 Å². The van der Waals surface area contributed by atoms with Gasteiger partial charge in [0.1, 0.15) is 6.10 Å². The zero-order chi connectivity index (χ0) is 8.55. The van der Waals surface area contributed by atoms with Gasteiger partial charge in [0, 0.05) is 0 Å². The maximum Gasteiger partial charge on any atom is 0.309 e. The molecular formula is C9H14O3. The Bertz CT molecular complexity index is 186. The molecule has 0 unspecified atom stereocenters. The van der Waals surface area contributed by atoms with Crippen molar-refractivity contribution < 1.29 is 14.6 Å². The van der Waals surface area contributed by atoms with E-state index >= 15 is 0 Å². The van der Waals surface area contributed by atoms with Gasteiger partial charge in [-0.05, 0) is 18.8 Å². The number of carbonyl (C=O) groups is 1. The number of cyclic esters (lactones) is 1. The highest BCUT2D eigenvalue weighted by molar-refractivity contribution is 5.74. The lowest BCUT2D eigenvalue weighted by Gasteiger charge is -2.02.